The fourth-order valence-corrected chi connectivity index (χ4v) is 6.48. The highest BCUT2D eigenvalue weighted by Crippen LogP contribution is 2.24. The van der Waals surface area contributed by atoms with Crippen molar-refractivity contribution in [3.05, 3.63) is 71.0 Å². The summed E-state index contributed by atoms with van der Waals surface area (Å²) in [6.07, 6.45) is 3.08. The number of carbonyl (C=O) groups is 1. The molecule has 2 aliphatic rings. The van der Waals surface area contributed by atoms with Crippen LogP contribution in [0.15, 0.2) is 54.7 Å². The van der Waals surface area contributed by atoms with E-state index >= 15 is 0 Å². The third kappa shape index (κ3) is 6.85. The Kier molecular flexibility index (Phi) is 8.63. The molecule has 10 nitrogen and oxygen atoms in total. The van der Waals surface area contributed by atoms with Crippen LogP contribution in [0.3, 0.4) is 0 Å². The standard InChI is InChI=1S/C27H32ClN5O5S/c1-20-27(34)31(18-25-19-32(30-29-25)12-11-26-37-14-2-15-38-26)13-16-39(35,36)33(20)17-21-3-5-22(6-4-21)23-7-9-24(28)10-8-23/h3-10,19-20,26H,2,11-18H2,1H3. The van der Waals surface area contributed by atoms with Crippen molar-refractivity contribution in [3.8, 4) is 11.1 Å². The number of aryl methyl sites for hydroxylation is 1. The largest absolute Gasteiger partial charge is 0.353 e. The summed E-state index contributed by atoms with van der Waals surface area (Å²) in [5, 5.41) is 9.01. The van der Waals surface area contributed by atoms with Crippen LogP contribution in [0.2, 0.25) is 5.02 Å². The highest BCUT2D eigenvalue weighted by atomic mass is 35.5. The van der Waals surface area contributed by atoms with Gasteiger partial charge in [0.05, 0.1) is 31.7 Å². The number of ether oxygens (including phenoxy) is 2. The van der Waals surface area contributed by atoms with Gasteiger partial charge in [-0.2, -0.15) is 4.31 Å². The fraction of sp³-hybridized carbons (Fsp3) is 0.444. The molecular formula is C27H32ClN5O5S. The molecule has 12 heteroatoms. The quantitative estimate of drug-likeness (QED) is 0.407. The van der Waals surface area contributed by atoms with Crippen LogP contribution in [0.25, 0.3) is 11.1 Å². The Bertz CT molecular complexity index is 1370. The number of carbonyl (C=O) groups excluding carboxylic acids is 1. The van der Waals surface area contributed by atoms with Crippen LogP contribution in [0.1, 0.15) is 31.0 Å². The topological polar surface area (TPSA) is 107 Å². The van der Waals surface area contributed by atoms with E-state index in [4.69, 9.17) is 21.1 Å². The lowest BCUT2D eigenvalue weighted by Crippen LogP contribution is -2.45. The van der Waals surface area contributed by atoms with Gasteiger partial charge in [0.15, 0.2) is 6.29 Å². The lowest BCUT2D eigenvalue weighted by atomic mass is 10.0. The third-order valence-corrected chi connectivity index (χ3v) is 9.09. The van der Waals surface area contributed by atoms with E-state index in [-0.39, 0.29) is 37.6 Å². The zero-order valence-corrected chi connectivity index (χ0v) is 23.4. The zero-order valence-electron chi connectivity index (χ0n) is 21.8. The number of aromatic nitrogens is 3. The van der Waals surface area contributed by atoms with Crippen molar-refractivity contribution in [1.82, 2.24) is 24.2 Å². The van der Waals surface area contributed by atoms with E-state index in [1.165, 1.54) is 4.31 Å². The Morgan fingerprint density at radius 1 is 1.00 bits per heavy atom. The van der Waals surface area contributed by atoms with E-state index in [1.54, 1.807) is 22.7 Å². The van der Waals surface area contributed by atoms with Gasteiger partial charge in [0.2, 0.25) is 15.9 Å². The maximum Gasteiger partial charge on any atom is 0.241 e. The van der Waals surface area contributed by atoms with Crippen molar-refractivity contribution in [3.63, 3.8) is 0 Å². The Morgan fingerprint density at radius 2 is 1.67 bits per heavy atom. The minimum atomic E-state index is -3.66. The molecule has 2 aromatic carbocycles. The highest BCUT2D eigenvalue weighted by Gasteiger charge is 2.38. The second-order valence-electron chi connectivity index (χ2n) is 9.79. The van der Waals surface area contributed by atoms with Crippen LogP contribution in [-0.2, 0) is 43.9 Å². The predicted molar refractivity (Wildman–Crippen MR) is 146 cm³/mol. The number of halogens is 1. The third-order valence-electron chi connectivity index (χ3n) is 6.98. The van der Waals surface area contributed by atoms with Gasteiger partial charge in [-0.25, -0.2) is 8.42 Å². The fourth-order valence-electron chi connectivity index (χ4n) is 4.76. The first-order valence-corrected chi connectivity index (χ1v) is 15.0. The molecule has 1 atom stereocenters. The Balaban J connectivity index is 1.22. The van der Waals surface area contributed by atoms with Crippen LogP contribution in [-0.4, -0.2) is 76.4 Å². The molecule has 2 fully saturated rings. The van der Waals surface area contributed by atoms with Gasteiger partial charge in [0.25, 0.3) is 0 Å². The summed E-state index contributed by atoms with van der Waals surface area (Å²) in [7, 11) is -3.66. The SMILES string of the molecule is CC1C(=O)N(Cc2cn(CCC3OCCCO3)nn2)CCS(=O)(=O)N1Cc1ccc(-c2ccc(Cl)cc2)cc1. The van der Waals surface area contributed by atoms with Crippen LogP contribution < -0.4 is 0 Å². The van der Waals surface area contributed by atoms with Crippen LogP contribution in [0.4, 0.5) is 0 Å². The average Bonchev–Trinajstić information content (AvgIpc) is 3.38. The molecular weight excluding hydrogens is 542 g/mol. The van der Waals surface area contributed by atoms with Crippen molar-refractivity contribution in [1.29, 1.82) is 0 Å². The molecule has 0 N–H and O–H groups in total. The molecule has 0 saturated carbocycles. The highest BCUT2D eigenvalue weighted by molar-refractivity contribution is 7.89. The van der Waals surface area contributed by atoms with Gasteiger partial charge in [-0.1, -0.05) is 53.2 Å². The monoisotopic (exact) mass is 573 g/mol. The van der Waals surface area contributed by atoms with Gasteiger partial charge < -0.3 is 14.4 Å². The van der Waals surface area contributed by atoms with Crippen molar-refractivity contribution >= 4 is 27.5 Å². The molecule has 0 spiro atoms. The maximum atomic E-state index is 13.4. The Labute approximate surface area is 233 Å². The minimum absolute atomic E-state index is 0.0914. The molecule has 0 aliphatic carbocycles. The Hall–Kier alpha value is -2.83. The molecule has 1 amide bonds. The molecule has 5 rings (SSSR count). The molecule has 3 aromatic rings. The number of amides is 1. The van der Waals surface area contributed by atoms with Crippen molar-refractivity contribution in [2.24, 2.45) is 0 Å². The lowest BCUT2D eigenvalue weighted by Gasteiger charge is -2.26. The van der Waals surface area contributed by atoms with E-state index in [2.05, 4.69) is 10.3 Å². The summed E-state index contributed by atoms with van der Waals surface area (Å²) in [5.41, 5.74) is 3.42. The number of sulfonamides is 1. The summed E-state index contributed by atoms with van der Waals surface area (Å²) in [6.45, 7) is 4.00. The maximum absolute atomic E-state index is 13.4. The second-order valence-corrected chi connectivity index (χ2v) is 12.3. The zero-order chi connectivity index (χ0) is 27.4. The van der Waals surface area contributed by atoms with E-state index in [0.717, 1.165) is 23.1 Å². The predicted octanol–water partition coefficient (Wildman–Crippen LogP) is 3.31. The summed E-state index contributed by atoms with van der Waals surface area (Å²) >= 11 is 5.99. The smallest absolute Gasteiger partial charge is 0.241 e. The number of benzene rings is 2. The molecule has 3 heterocycles. The molecule has 208 valence electrons. The molecule has 1 aromatic heterocycles. The van der Waals surface area contributed by atoms with Crippen molar-refractivity contribution in [2.45, 2.75) is 51.7 Å². The number of nitrogens with zero attached hydrogens (tertiary/aromatic N) is 5. The van der Waals surface area contributed by atoms with Crippen LogP contribution >= 0.6 is 11.6 Å². The van der Waals surface area contributed by atoms with Gasteiger partial charge in [0.1, 0.15) is 11.7 Å². The summed E-state index contributed by atoms with van der Waals surface area (Å²) in [6, 6.07) is 14.3. The van der Waals surface area contributed by atoms with E-state index < -0.39 is 16.1 Å². The molecule has 39 heavy (non-hydrogen) atoms. The lowest BCUT2D eigenvalue weighted by molar-refractivity contribution is -0.182. The van der Waals surface area contributed by atoms with Crippen molar-refractivity contribution < 1.29 is 22.7 Å². The first-order valence-electron chi connectivity index (χ1n) is 13.0. The Morgan fingerprint density at radius 3 is 2.36 bits per heavy atom. The molecule has 1 unspecified atom stereocenters. The van der Waals surface area contributed by atoms with Gasteiger partial charge in [-0.15, -0.1) is 5.10 Å². The summed E-state index contributed by atoms with van der Waals surface area (Å²) in [5.74, 6) is -0.413. The first-order chi connectivity index (χ1) is 18.8. The van der Waals surface area contributed by atoms with Crippen LogP contribution in [0, 0.1) is 0 Å². The summed E-state index contributed by atoms with van der Waals surface area (Å²) < 4.78 is 40.5. The second kappa shape index (κ2) is 12.1. The minimum Gasteiger partial charge on any atom is -0.353 e. The molecule has 0 radical (unpaired) electrons. The van der Waals surface area contributed by atoms with E-state index in [0.29, 0.717) is 36.9 Å². The first kappa shape index (κ1) is 27.7. The molecule has 0 bridgehead atoms. The summed E-state index contributed by atoms with van der Waals surface area (Å²) in [4.78, 5) is 14.9. The van der Waals surface area contributed by atoms with Gasteiger partial charge in [-0.05, 0) is 42.2 Å². The van der Waals surface area contributed by atoms with Gasteiger partial charge >= 0.3 is 0 Å². The molecule has 2 saturated heterocycles. The average molecular weight is 574 g/mol. The van der Waals surface area contributed by atoms with Crippen molar-refractivity contribution in [2.75, 3.05) is 25.5 Å². The number of rotatable bonds is 8. The van der Waals surface area contributed by atoms with Crippen LogP contribution in [0.5, 0.6) is 0 Å². The number of hydrogen-bond acceptors (Lipinski definition) is 7. The van der Waals surface area contributed by atoms with E-state index in [9.17, 15) is 13.2 Å². The van der Waals surface area contributed by atoms with Gasteiger partial charge in [0, 0.05) is 31.1 Å². The van der Waals surface area contributed by atoms with Gasteiger partial charge in [-0.3, -0.25) is 9.48 Å². The molecule has 2 aliphatic heterocycles. The van der Waals surface area contributed by atoms with E-state index in [1.807, 2.05) is 48.5 Å². The normalized spacial score (nSPS) is 20.7. The number of hydrogen-bond donors (Lipinski definition) is 0.